The summed E-state index contributed by atoms with van der Waals surface area (Å²) >= 11 is 0. The molecular weight excluding hydrogens is 234 g/mol. The molecule has 0 spiro atoms. The van der Waals surface area contributed by atoms with Crippen molar-refractivity contribution >= 4 is 0 Å². The molecule has 102 valence electrons. The van der Waals surface area contributed by atoms with E-state index >= 15 is 0 Å². The Balaban J connectivity index is 2.48. The summed E-state index contributed by atoms with van der Waals surface area (Å²) in [6.45, 7) is 7.06. The molecule has 0 saturated carbocycles. The van der Waals surface area contributed by atoms with E-state index in [9.17, 15) is 8.78 Å². The lowest BCUT2D eigenvalue weighted by Crippen LogP contribution is -2.31. The SMILES string of the molecule is CCN(CC)CCC(N)Cc1cc(F)ccc1F. The molecule has 0 aliphatic rings. The van der Waals surface area contributed by atoms with E-state index < -0.39 is 5.82 Å². The van der Waals surface area contributed by atoms with E-state index in [1.54, 1.807) is 0 Å². The molecule has 2 N–H and O–H groups in total. The van der Waals surface area contributed by atoms with Crippen LogP contribution >= 0.6 is 0 Å². The molecule has 0 saturated heterocycles. The van der Waals surface area contributed by atoms with Crippen molar-refractivity contribution in [2.24, 2.45) is 5.73 Å². The fraction of sp³-hybridized carbons (Fsp3) is 0.571. The highest BCUT2D eigenvalue weighted by Crippen LogP contribution is 2.12. The topological polar surface area (TPSA) is 29.3 Å². The number of hydrogen-bond donors (Lipinski definition) is 1. The van der Waals surface area contributed by atoms with Gasteiger partial charge in [0.1, 0.15) is 11.6 Å². The third-order valence-corrected chi connectivity index (χ3v) is 3.20. The van der Waals surface area contributed by atoms with Crippen molar-refractivity contribution in [3.05, 3.63) is 35.4 Å². The molecule has 1 atom stereocenters. The average molecular weight is 256 g/mol. The van der Waals surface area contributed by atoms with Gasteiger partial charge in [-0.15, -0.1) is 0 Å². The Morgan fingerprint density at radius 1 is 1.22 bits per heavy atom. The molecule has 0 aliphatic heterocycles. The molecule has 0 aromatic heterocycles. The van der Waals surface area contributed by atoms with Crippen LogP contribution in [0.4, 0.5) is 8.78 Å². The van der Waals surface area contributed by atoms with Crippen LogP contribution in [-0.4, -0.2) is 30.6 Å². The molecule has 18 heavy (non-hydrogen) atoms. The molecule has 0 amide bonds. The zero-order valence-corrected chi connectivity index (χ0v) is 11.1. The van der Waals surface area contributed by atoms with Gasteiger partial charge in [0.2, 0.25) is 0 Å². The molecule has 0 radical (unpaired) electrons. The summed E-state index contributed by atoms with van der Waals surface area (Å²) in [6, 6.07) is 3.37. The maximum atomic E-state index is 13.4. The molecule has 0 aliphatic carbocycles. The first-order valence-corrected chi connectivity index (χ1v) is 6.48. The predicted molar refractivity (Wildman–Crippen MR) is 70.4 cm³/mol. The number of nitrogens with two attached hydrogens (primary N) is 1. The van der Waals surface area contributed by atoms with Crippen LogP contribution in [0.5, 0.6) is 0 Å². The number of hydrogen-bond acceptors (Lipinski definition) is 2. The molecule has 1 unspecified atom stereocenters. The molecule has 2 nitrogen and oxygen atoms in total. The van der Waals surface area contributed by atoms with E-state index in [1.807, 2.05) is 0 Å². The normalized spacial score (nSPS) is 13.0. The minimum atomic E-state index is -0.414. The summed E-state index contributed by atoms with van der Waals surface area (Å²) in [6.07, 6.45) is 1.17. The second kappa shape index (κ2) is 7.44. The maximum Gasteiger partial charge on any atom is 0.126 e. The second-order valence-corrected chi connectivity index (χ2v) is 4.52. The van der Waals surface area contributed by atoms with Gasteiger partial charge in [0.25, 0.3) is 0 Å². The van der Waals surface area contributed by atoms with Crippen molar-refractivity contribution in [2.75, 3.05) is 19.6 Å². The van der Waals surface area contributed by atoms with Crippen LogP contribution in [0.15, 0.2) is 18.2 Å². The minimum absolute atomic E-state index is 0.137. The van der Waals surface area contributed by atoms with Gasteiger partial charge in [-0.05, 0) is 56.2 Å². The fourth-order valence-electron chi connectivity index (χ4n) is 1.97. The first-order valence-electron chi connectivity index (χ1n) is 6.48. The van der Waals surface area contributed by atoms with Crippen LogP contribution in [0.2, 0.25) is 0 Å². The molecule has 1 rings (SSSR count). The summed E-state index contributed by atoms with van der Waals surface area (Å²) in [5.74, 6) is -0.794. The Labute approximate surface area is 108 Å². The monoisotopic (exact) mass is 256 g/mol. The van der Waals surface area contributed by atoms with Gasteiger partial charge in [0.05, 0.1) is 0 Å². The Morgan fingerprint density at radius 2 is 1.89 bits per heavy atom. The van der Waals surface area contributed by atoms with Crippen molar-refractivity contribution in [2.45, 2.75) is 32.7 Å². The van der Waals surface area contributed by atoms with Gasteiger partial charge in [-0.25, -0.2) is 8.78 Å². The molecular formula is C14H22F2N2. The first-order chi connectivity index (χ1) is 8.56. The second-order valence-electron chi connectivity index (χ2n) is 4.52. The standard InChI is InChI=1S/C14H22F2N2/c1-3-18(4-2)8-7-13(17)10-11-9-12(15)5-6-14(11)16/h5-6,9,13H,3-4,7-8,10,17H2,1-2H3. The van der Waals surface area contributed by atoms with E-state index in [0.29, 0.717) is 12.0 Å². The smallest absolute Gasteiger partial charge is 0.126 e. The third-order valence-electron chi connectivity index (χ3n) is 3.20. The number of nitrogens with zero attached hydrogens (tertiary/aromatic N) is 1. The van der Waals surface area contributed by atoms with Crippen molar-refractivity contribution in [3.8, 4) is 0 Å². The zero-order chi connectivity index (χ0) is 13.5. The Bertz CT molecular complexity index is 365. The highest BCUT2D eigenvalue weighted by molar-refractivity contribution is 5.19. The minimum Gasteiger partial charge on any atom is -0.327 e. The van der Waals surface area contributed by atoms with Crippen LogP contribution in [0.25, 0.3) is 0 Å². The van der Waals surface area contributed by atoms with Crippen LogP contribution in [0, 0.1) is 11.6 Å². The van der Waals surface area contributed by atoms with E-state index in [-0.39, 0.29) is 11.9 Å². The molecule has 0 heterocycles. The predicted octanol–water partition coefficient (Wildman–Crippen LogP) is 2.57. The van der Waals surface area contributed by atoms with Gasteiger partial charge in [-0.2, -0.15) is 0 Å². The highest BCUT2D eigenvalue weighted by Gasteiger charge is 2.10. The molecule has 4 heteroatoms. The molecule has 1 aromatic carbocycles. The van der Waals surface area contributed by atoms with Gasteiger partial charge in [0, 0.05) is 6.04 Å². The lowest BCUT2D eigenvalue weighted by Gasteiger charge is -2.20. The van der Waals surface area contributed by atoms with Crippen molar-refractivity contribution in [3.63, 3.8) is 0 Å². The summed E-state index contributed by atoms with van der Waals surface area (Å²) < 4.78 is 26.4. The van der Waals surface area contributed by atoms with E-state index in [1.165, 1.54) is 6.07 Å². The average Bonchev–Trinajstić information content (AvgIpc) is 2.35. The molecule has 0 fully saturated rings. The maximum absolute atomic E-state index is 13.4. The fourth-order valence-corrected chi connectivity index (χ4v) is 1.97. The lowest BCUT2D eigenvalue weighted by atomic mass is 10.0. The van der Waals surface area contributed by atoms with Crippen LogP contribution in [0.1, 0.15) is 25.8 Å². The first kappa shape index (κ1) is 15.1. The van der Waals surface area contributed by atoms with Crippen molar-refractivity contribution < 1.29 is 8.78 Å². The van der Waals surface area contributed by atoms with Crippen LogP contribution < -0.4 is 5.73 Å². The van der Waals surface area contributed by atoms with Gasteiger partial charge in [-0.1, -0.05) is 13.8 Å². The van der Waals surface area contributed by atoms with Crippen LogP contribution in [-0.2, 0) is 6.42 Å². The van der Waals surface area contributed by atoms with Gasteiger partial charge in [0.15, 0.2) is 0 Å². The largest absolute Gasteiger partial charge is 0.327 e. The van der Waals surface area contributed by atoms with Gasteiger partial charge >= 0.3 is 0 Å². The number of rotatable bonds is 7. The number of benzene rings is 1. The van der Waals surface area contributed by atoms with Gasteiger partial charge in [-0.3, -0.25) is 0 Å². The summed E-state index contributed by atoms with van der Waals surface area (Å²) in [4.78, 5) is 2.27. The van der Waals surface area contributed by atoms with E-state index in [4.69, 9.17) is 5.73 Å². The Morgan fingerprint density at radius 3 is 2.50 bits per heavy atom. The van der Waals surface area contributed by atoms with Crippen molar-refractivity contribution in [1.29, 1.82) is 0 Å². The number of halogens is 2. The summed E-state index contributed by atoms with van der Waals surface area (Å²) in [7, 11) is 0. The zero-order valence-electron chi connectivity index (χ0n) is 11.1. The van der Waals surface area contributed by atoms with Crippen LogP contribution in [0.3, 0.4) is 0 Å². The van der Waals surface area contributed by atoms with E-state index in [2.05, 4.69) is 18.7 Å². The Hall–Kier alpha value is -1.00. The summed E-state index contributed by atoms with van der Waals surface area (Å²) in [5, 5.41) is 0. The highest BCUT2D eigenvalue weighted by atomic mass is 19.1. The third kappa shape index (κ3) is 4.70. The van der Waals surface area contributed by atoms with Gasteiger partial charge < -0.3 is 10.6 Å². The summed E-state index contributed by atoms with van der Waals surface area (Å²) in [5.41, 5.74) is 6.33. The molecule has 1 aromatic rings. The quantitative estimate of drug-likeness (QED) is 0.812. The van der Waals surface area contributed by atoms with E-state index in [0.717, 1.165) is 38.2 Å². The molecule has 0 bridgehead atoms. The lowest BCUT2D eigenvalue weighted by molar-refractivity contribution is 0.289. The van der Waals surface area contributed by atoms with Crippen molar-refractivity contribution in [1.82, 2.24) is 4.90 Å². The Kier molecular flexibility index (Phi) is 6.22.